The second-order valence-electron chi connectivity index (χ2n) is 6.27. The Balaban J connectivity index is 1.59. The lowest BCUT2D eigenvalue weighted by Gasteiger charge is -2.07. The summed E-state index contributed by atoms with van der Waals surface area (Å²) < 4.78 is 32.3. The maximum atomic E-state index is 10.9. The van der Waals surface area contributed by atoms with Crippen molar-refractivity contribution in [2.24, 2.45) is 0 Å². The average Bonchev–Trinajstić information content (AvgIpc) is 2.74. The zero-order valence-electron chi connectivity index (χ0n) is 17.0. The molecule has 0 unspecified atom stereocenters. The summed E-state index contributed by atoms with van der Waals surface area (Å²) in [5.41, 5.74) is 1.63. The molecule has 0 radical (unpaired) electrons. The van der Waals surface area contributed by atoms with Gasteiger partial charge in [0, 0.05) is 5.56 Å². The van der Waals surface area contributed by atoms with E-state index in [1.807, 2.05) is 12.1 Å². The summed E-state index contributed by atoms with van der Waals surface area (Å²) >= 11 is 0. The first kappa shape index (κ1) is 25.4. The van der Waals surface area contributed by atoms with Crippen LogP contribution in [0.25, 0.3) is 11.4 Å². The summed E-state index contributed by atoms with van der Waals surface area (Å²) in [6, 6.07) is 7.29. The van der Waals surface area contributed by atoms with Gasteiger partial charge in [-0.05, 0) is 5.56 Å². The van der Waals surface area contributed by atoms with Crippen molar-refractivity contribution in [2.45, 2.75) is 12.8 Å². The van der Waals surface area contributed by atoms with E-state index in [9.17, 15) is 4.57 Å². The Morgan fingerprint density at radius 1 is 0.742 bits per heavy atom. The minimum absolute atomic E-state index is 0.00830. The van der Waals surface area contributed by atoms with Crippen LogP contribution < -0.4 is 0 Å². The molecule has 13 heteroatoms. The van der Waals surface area contributed by atoms with Crippen molar-refractivity contribution in [3.63, 3.8) is 0 Å². The molecule has 0 atom stereocenters. The summed E-state index contributed by atoms with van der Waals surface area (Å²) in [7, 11) is -4.26. The van der Waals surface area contributed by atoms with Crippen LogP contribution in [-0.4, -0.2) is 88.1 Å². The molecule has 0 saturated heterocycles. The highest BCUT2D eigenvalue weighted by molar-refractivity contribution is 7.50. The monoisotopic (exact) mass is 458 g/mol. The number of aliphatic hydroxyl groups excluding tert-OH is 1. The lowest BCUT2D eigenvalue weighted by atomic mass is 10.1. The fourth-order valence-electron chi connectivity index (χ4n) is 2.28. The van der Waals surface area contributed by atoms with E-state index in [2.05, 4.69) is 20.4 Å². The summed E-state index contributed by atoms with van der Waals surface area (Å²) in [6.07, 6.45) is -0.597. The molecule has 0 spiro atoms. The molecule has 2 aromatic rings. The van der Waals surface area contributed by atoms with E-state index in [4.69, 9.17) is 33.8 Å². The Bertz CT molecular complexity index is 788. The number of aliphatic hydroxyl groups is 1. The van der Waals surface area contributed by atoms with Crippen LogP contribution in [0.2, 0.25) is 0 Å². The molecule has 0 bridgehead atoms. The van der Waals surface area contributed by atoms with Crippen LogP contribution in [-0.2, 0) is 36.3 Å². The number of aromatic nitrogens is 4. The van der Waals surface area contributed by atoms with E-state index in [1.165, 1.54) is 0 Å². The van der Waals surface area contributed by atoms with E-state index in [1.54, 1.807) is 12.1 Å². The highest BCUT2D eigenvalue weighted by atomic mass is 31.2. The van der Waals surface area contributed by atoms with Gasteiger partial charge in [-0.25, -0.2) is 0 Å². The third kappa shape index (κ3) is 11.3. The van der Waals surface area contributed by atoms with Gasteiger partial charge in [0.05, 0.1) is 59.5 Å². The van der Waals surface area contributed by atoms with Crippen LogP contribution in [0.4, 0.5) is 0 Å². The van der Waals surface area contributed by atoms with Crippen LogP contribution >= 0.6 is 7.60 Å². The molecular weight excluding hydrogens is 431 g/mol. The fourth-order valence-corrected chi connectivity index (χ4v) is 2.77. The molecule has 1 aromatic carbocycles. The predicted octanol–water partition coefficient (Wildman–Crippen LogP) is 0.170. The van der Waals surface area contributed by atoms with E-state index in [-0.39, 0.29) is 18.3 Å². The molecule has 0 aliphatic rings. The lowest BCUT2D eigenvalue weighted by Crippen LogP contribution is -2.12. The van der Waals surface area contributed by atoms with Crippen LogP contribution in [0.5, 0.6) is 0 Å². The number of hydrogen-bond acceptors (Lipinski definition) is 10. The van der Waals surface area contributed by atoms with Gasteiger partial charge < -0.3 is 33.8 Å². The zero-order chi connectivity index (χ0) is 22.4. The van der Waals surface area contributed by atoms with Crippen LogP contribution in [0.1, 0.15) is 11.4 Å². The average molecular weight is 458 g/mol. The summed E-state index contributed by atoms with van der Waals surface area (Å²) in [5, 5.41) is 23.7. The highest BCUT2D eigenvalue weighted by Crippen LogP contribution is 2.37. The summed E-state index contributed by atoms with van der Waals surface area (Å²) in [6.45, 7) is 3.48. The Kier molecular flexibility index (Phi) is 11.6. The lowest BCUT2D eigenvalue weighted by molar-refractivity contribution is -0.00742. The largest absolute Gasteiger partial charge is 0.394 e. The number of hydrogen-bond donors (Lipinski definition) is 3. The van der Waals surface area contributed by atoms with Gasteiger partial charge in [0.2, 0.25) is 5.82 Å². The van der Waals surface area contributed by atoms with Crippen molar-refractivity contribution in [1.29, 1.82) is 0 Å². The highest BCUT2D eigenvalue weighted by Gasteiger charge is 2.17. The minimum atomic E-state index is -4.26. The van der Waals surface area contributed by atoms with Gasteiger partial charge >= 0.3 is 7.60 Å². The number of ether oxygens (including phenoxy) is 4. The van der Waals surface area contributed by atoms with Crippen molar-refractivity contribution in [1.82, 2.24) is 20.4 Å². The van der Waals surface area contributed by atoms with Gasteiger partial charge in [0.25, 0.3) is 0 Å². The molecule has 1 heterocycles. The van der Waals surface area contributed by atoms with Crippen molar-refractivity contribution < 1.29 is 38.4 Å². The molecule has 3 N–H and O–H groups in total. The van der Waals surface area contributed by atoms with E-state index < -0.39 is 13.8 Å². The molecule has 31 heavy (non-hydrogen) atoms. The Hall–Kier alpha value is -1.89. The first-order valence-corrected chi connectivity index (χ1v) is 11.4. The first-order valence-electron chi connectivity index (χ1n) is 9.60. The number of benzene rings is 1. The maximum absolute atomic E-state index is 10.9. The van der Waals surface area contributed by atoms with Crippen LogP contribution in [0.15, 0.2) is 24.3 Å². The Morgan fingerprint density at radius 3 is 1.77 bits per heavy atom. The van der Waals surface area contributed by atoms with E-state index >= 15 is 0 Å². The fraction of sp³-hybridized carbons (Fsp3) is 0.556. The molecule has 2 rings (SSSR count). The normalized spacial score (nSPS) is 11.7. The molecule has 172 valence electrons. The quantitative estimate of drug-likeness (QED) is 0.231. The maximum Gasteiger partial charge on any atom is 0.333 e. The van der Waals surface area contributed by atoms with Gasteiger partial charge in [0.15, 0.2) is 5.82 Å². The van der Waals surface area contributed by atoms with Gasteiger partial charge in [-0.15, -0.1) is 20.4 Å². The third-order valence-corrected chi connectivity index (χ3v) is 4.39. The van der Waals surface area contributed by atoms with Crippen LogP contribution in [0.3, 0.4) is 0 Å². The van der Waals surface area contributed by atoms with Crippen molar-refractivity contribution in [3.8, 4) is 11.4 Å². The predicted molar refractivity (Wildman–Crippen MR) is 108 cm³/mol. The van der Waals surface area contributed by atoms with Gasteiger partial charge in [-0.1, -0.05) is 24.3 Å². The molecule has 1 aromatic heterocycles. The molecule has 0 aliphatic carbocycles. The second kappa shape index (κ2) is 14.2. The number of nitrogens with zero attached hydrogens (tertiary/aromatic N) is 4. The standard InChI is InChI=1S/C18H27N4O8P/c23-5-6-27-7-8-28-9-10-29-11-12-30-13-15-1-3-16(4-2-15)18-21-19-17(20-22-18)14-31(24,25)26/h1-4,23H,5-14H2,(H2,24,25,26). The Morgan fingerprint density at radius 2 is 1.26 bits per heavy atom. The van der Waals surface area contributed by atoms with Crippen molar-refractivity contribution >= 4 is 7.60 Å². The third-order valence-electron chi connectivity index (χ3n) is 3.70. The molecule has 12 nitrogen and oxygen atoms in total. The zero-order valence-corrected chi connectivity index (χ0v) is 17.9. The second-order valence-corrected chi connectivity index (χ2v) is 7.92. The topological polar surface area (TPSA) is 166 Å². The van der Waals surface area contributed by atoms with Crippen molar-refractivity contribution in [3.05, 3.63) is 35.7 Å². The number of rotatable bonds is 16. The minimum Gasteiger partial charge on any atom is -0.394 e. The molecule has 0 fully saturated rings. The summed E-state index contributed by atoms with van der Waals surface area (Å²) in [5.74, 6) is 0.153. The molecule has 0 saturated carbocycles. The van der Waals surface area contributed by atoms with Gasteiger partial charge in [-0.3, -0.25) is 4.57 Å². The van der Waals surface area contributed by atoms with Crippen LogP contribution in [0, 0.1) is 0 Å². The molecule has 0 aliphatic heterocycles. The molecule has 0 amide bonds. The Labute approximate surface area is 179 Å². The summed E-state index contributed by atoms with van der Waals surface area (Å²) in [4.78, 5) is 17.8. The smallest absolute Gasteiger partial charge is 0.333 e. The first-order chi connectivity index (χ1) is 15.0. The van der Waals surface area contributed by atoms with E-state index in [0.29, 0.717) is 58.4 Å². The molecular formula is C18H27N4O8P. The van der Waals surface area contributed by atoms with Gasteiger partial charge in [0.1, 0.15) is 6.16 Å². The SMILES string of the molecule is O=P(O)(O)Cc1nnc(-c2ccc(COCCOCCOCCOCCO)cc2)nn1. The van der Waals surface area contributed by atoms with E-state index in [0.717, 1.165) is 5.56 Å². The van der Waals surface area contributed by atoms with Gasteiger partial charge in [-0.2, -0.15) is 0 Å². The van der Waals surface area contributed by atoms with Crippen molar-refractivity contribution in [2.75, 3.05) is 52.9 Å².